The molecule has 62 valence electrons. The first-order chi connectivity index (χ1) is 5.59. The van der Waals surface area contributed by atoms with Crippen LogP contribution < -0.4 is 0 Å². The molecule has 0 aliphatic carbocycles. The van der Waals surface area contributed by atoms with Crippen LogP contribution in [-0.2, 0) is 4.79 Å². The van der Waals surface area contributed by atoms with Gasteiger partial charge in [0.05, 0.1) is 0 Å². The summed E-state index contributed by atoms with van der Waals surface area (Å²) in [7, 11) is 0. The average molecular weight is 180 g/mol. The zero-order valence-corrected chi connectivity index (χ0v) is 7.66. The van der Waals surface area contributed by atoms with E-state index in [9.17, 15) is 4.79 Å². The summed E-state index contributed by atoms with van der Waals surface area (Å²) in [6.07, 6.45) is 0. The van der Waals surface area contributed by atoms with Crippen molar-refractivity contribution in [2.45, 2.75) is 13.8 Å². The van der Waals surface area contributed by atoms with Crippen molar-refractivity contribution in [3.05, 3.63) is 21.4 Å². The monoisotopic (exact) mass is 180 g/mol. The van der Waals surface area contributed by atoms with Crippen molar-refractivity contribution in [1.82, 2.24) is 0 Å². The maximum atomic E-state index is 10.1. The third kappa shape index (κ3) is 2.11. The minimum atomic E-state index is -1.08. The van der Waals surface area contributed by atoms with Gasteiger partial charge in [-0.2, -0.15) is 0 Å². The van der Waals surface area contributed by atoms with Crippen molar-refractivity contribution in [3.63, 3.8) is 0 Å². The van der Waals surface area contributed by atoms with Crippen molar-refractivity contribution >= 4 is 17.3 Å². The predicted octanol–water partition coefficient (Wildman–Crippen LogP) is 1.80. The molecule has 0 amide bonds. The summed E-state index contributed by atoms with van der Waals surface area (Å²) < 4.78 is 0. The molecule has 1 heterocycles. The summed E-state index contributed by atoms with van der Waals surface area (Å²) >= 11 is 1.63. The second-order valence-electron chi connectivity index (χ2n) is 2.38. The molecular weight excluding hydrogens is 172 g/mol. The lowest BCUT2D eigenvalue weighted by Crippen LogP contribution is -1.86. The van der Waals surface area contributed by atoms with Crippen LogP contribution in [0, 0.1) is 25.7 Å². The number of aryl methyl sites for hydroxylation is 2. The normalized spacial score (nSPS) is 8.83. The number of carbonyl (C=O) groups is 1. The molecule has 0 aromatic carbocycles. The Labute approximate surface area is 74.9 Å². The molecule has 0 bridgehead atoms. The first kappa shape index (κ1) is 8.82. The first-order valence-electron chi connectivity index (χ1n) is 3.41. The van der Waals surface area contributed by atoms with Gasteiger partial charge in [0.2, 0.25) is 0 Å². The lowest BCUT2D eigenvalue weighted by Gasteiger charge is -1.81. The molecule has 0 aliphatic heterocycles. The highest BCUT2D eigenvalue weighted by atomic mass is 32.1. The SMILES string of the molecule is Cc1cc(C#CC(=O)O)c(C)s1. The zero-order valence-electron chi connectivity index (χ0n) is 6.84. The fourth-order valence-electron chi connectivity index (χ4n) is 0.876. The van der Waals surface area contributed by atoms with Crippen molar-refractivity contribution in [3.8, 4) is 11.8 Å². The van der Waals surface area contributed by atoms with Crippen molar-refractivity contribution in [2.24, 2.45) is 0 Å². The van der Waals surface area contributed by atoms with Gasteiger partial charge in [0, 0.05) is 21.2 Å². The van der Waals surface area contributed by atoms with Gasteiger partial charge in [-0.15, -0.1) is 11.3 Å². The van der Waals surface area contributed by atoms with Crippen LogP contribution in [0.2, 0.25) is 0 Å². The van der Waals surface area contributed by atoms with Gasteiger partial charge in [0.15, 0.2) is 0 Å². The van der Waals surface area contributed by atoms with Gasteiger partial charge in [-0.3, -0.25) is 0 Å². The van der Waals surface area contributed by atoms with Crippen LogP contribution in [0.1, 0.15) is 15.3 Å². The van der Waals surface area contributed by atoms with Gasteiger partial charge in [-0.05, 0) is 19.9 Å². The summed E-state index contributed by atoms with van der Waals surface area (Å²) in [4.78, 5) is 12.3. The molecule has 0 saturated heterocycles. The number of aliphatic carboxylic acids is 1. The molecule has 0 aliphatic rings. The van der Waals surface area contributed by atoms with E-state index in [0.29, 0.717) is 0 Å². The molecular formula is C9H8O2S. The minimum Gasteiger partial charge on any atom is -0.472 e. The van der Waals surface area contributed by atoms with Gasteiger partial charge >= 0.3 is 5.97 Å². The number of hydrogen-bond donors (Lipinski definition) is 1. The van der Waals surface area contributed by atoms with Crippen LogP contribution in [0.4, 0.5) is 0 Å². The molecule has 0 saturated carbocycles. The highest BCUT2D eigenvalue weighted by Gasteiger charge is 1.98. The summed E-state index contributed by atoms with van der Waals surface area (Å²) in [6, 6.07) is 1.90. The van der Waals surface area contributed by atoms with Crippen LogP contribution in [-0.4, -0.2) is 11.1 Å². The molecule has 0 fully saturated rings. The molecule has 0 spiro atoms. The molecule has 0 radical (unpaired) electrons. The van der Waals surface area contributed by atoms with E-state index in [1.165, 1.54) is 0 Å². The van der Waals surface area contributed by atoms with E-state index in [2.05, 4.69) is 11.8 Å². The van der Waals surface area contributed by atoms with Crippen LogP contribution in [0.15, 0.2) is 6.07 Å². The fraction of sp³-hybridized carbons (Fsp3) is 0.222. The minimum absolute atomic E-state index is 0.819. The Morgan fingerprint density at radius 2 is 2.25 bits per heavy atom. The number of hydrogen-bond acceptors (Lipinski definition) is 2. The summed E-state index contributed by atoms with van der Waals surface area (Å²) in [6.45, 7) is 3.91. The number of carboxylic acid groups (broad SMARTS) is 1. The zero-order chi connectivity index (χ0) is 9.14. The Morgan fingerprint density at radius 1 is 1.58 bits per heavy atom. The van der Waals surface area contributed by atoms with Crippen molar-refractivity contribution < 1.29 is 9.90 Å². The largest absolute Gasteiger partial charge is 0.472 e. The van der Waals surface area contributed by atoms with Gasteiger partial charge in [-0.1, -0.05) is 5.92 Å². The van der Waals surface area contributed by atoms with E-state index in [4.69, 9.17) is 5.11 Å². The highest BCUT2D eigenvalue weighted by Crippen LogP contribution is 2.19. The van der Waals surface area contributed by atoms with E-state index in [0.717, 1.165) is 15.3 Å². The van der Waals surface area contributed by atoms with Crippen molar-refractivity contribution in [1.29, 1.82) is 0 Å². The Morgan fingerprint density at radius 3 is 2.67 bits per heavy atom. The molecule has 1 rings (SSSR count). The molecule has 1 aromatic rings. The standard InChI is InChI=1S/C9H8O2S/c1-6-5-8(7(2)12-6)3-4-9(10)11/h5H,1-2H3,(H,10,11). The quantitative estimate of drug-likeness (QED) is 0.618. The van der Waals surface area contributed by atoms with Crippen LogP contribution in [0.5, 0.6) is 0 Å². The Balaban J connectivity index is 2.98. The van der Waals surface area contributed by atoms with Gasteiger partial charge in [-0.25, -0.2) is 4.79 Å². The summed E-state index contributed by atoms with van der Waals surface area (Å²) in [5.41, 5.74) is 0.819. The lowest BCUT2D eigenvalue weighted by molar-refractivity contribution is -0.130. The van der Waals surface area contributed by atoms with Gasteiger partial charge in [0.25, 0.3) is 0 Å². The molecule has 12 heavy (non-hydrogen) atoms. The van der Waals surface area contributed by atoms with Crippen LogP contribution in [0.3, 0.4) is 0 Å². The fourth-order valence-corrected chi connectivity index (χ4v) is 1.76. The topological polar surface area (TPSA) is 37.3 Å². The Bertz CT molecular complexity index is 366. The third-order valence-electron chi connectivity index (χ3n) is 1.35. The van der Waals surface area contributed by atoms with E-state index in [1.807, 2.05) is 19.9 Å². The van der Waals surface area contributed by atoms with E-state index < -0.39 is 5.97 Å². The van der Waals surface area contributed by atoms with Crippen LogP contribution in [0.25, 0.3) is 0 Å². The second kappa shape index (κ2) is 3.42. The number of carboxylic acids is 1. The summed E-state index contributed by atoms with van der Waals surface area (Å²) in [5, 5.41) is 8.30. The van der Waals surface area contributed by atoms with E-state index in [-0.39, 0.29) is 0 Å². The van der Waals surface area contributed by atoms with Gasteiger partial charge < -0.3 is 5.11 Å². The molecule has 1 N–H and O–H groups in total. The van der Waals surface area contributed by atoms with Crippen molar-refractivity contribution in [2.75, 3.05) is 0 Å². The number of rotatable bonds is 0. The van der Waals surface area contributed by atoms with Crippen LogP contribution >= 0.6 is 11.3 Å². The Hall–Kier alpha value is -1.27. The predicted molar refractivity (Wildman–Crippen MR) is 48.3 cm³/mol. The molecule has 0 unspecified atom stereocenters. The number of thiophene rings is 1. The maximum absolute atomic E-state index is 10.1. The van der Waals surface area contributed by atoms with E-state index >= 15 is 0 Å². The Kier molecular flexibility index (Phi) is 2.51. The maximum Gasteiger partial charge on any atom is 0.382 e. The highest BCUT2D eigenvalue weighted by molar-refractivity contribution is 7.12. The summed E-state index contributed by atoms with van der Waals surface area (Å²) in [5.74, 6) is 3.60. The van der Waals surface area contributed by atoms with E-state index in [1.54, 1.807) is 11.3 Å². The second-order valence-corrected chi connectivity index (χ2v) is 3.84. The van der Waals surface area contributed by atoms with Gasteiger partial charge in [0.1, 0.15) is 0 Å². The molecule has 1 aromatic heterocycles. The molecule has 3 heteroatoms. The third-order valence-corrected chi connectivity index (χ3v) is 2.31. The average Bonchev–Trinajstić information content (AvgIpc) is 2.26. The smallest absolute Gasteiger partial charge is 0.382 e. The molecule has 0 atom stereocenters. The molecule has 2 nitrogen and oxygen atoms in total. The first-order valence-corrected chi connectivity index (χ1v) is 4.23. The lowest BCUT2D eigenvalue weighted by atomic mass is 10.2.